The van der Waals surface area contributed by atoms with Gasteiger partial charge in [-0.2, -0.15) is 0 Å². The predicted molar refractivity (Wildman–Crippen MR) is 185 cm³/mol. The summed E-state index contributed by atoms with van der Waals surface area (Å²) in [5, 5.41) is 58.8. The van der Waals surface area contributed by atoms with Crippen LogP contribution in [0.1, 0.15) is 49.7 Å². The van der Waals surface area contributed by atoms with Gasteiger partial charge in [-0.3, -0.25) is 9.78 Å². The quantitative estimate of drug-likeness (QED) is 0.0749. The monoisotopic (exact) mass is 716 g/mol. The highest BCUT2D eigenvalue weighted by molar-refractivity contribution is 7.99. The predicted octanol–water partition coefficient (Wildman–Crippen LogP) is 3.28. The van der Waals surface area contributed by atoms with Crippen molar-refractivity contribution in [1.82, 2.24) is 9.88 Å². The molecule has 1 amide bonds. The summed E-state index contributed by atoms with van der Waals surface area (Å²) >= 11 is 8.16. The van der Waals surface area contributed by atoms with Crippen LogP contribution in [0.15, 0.2) is 65.8 Å². The van der Waals surface area contributed by atoms with Crippen LogP contribution in [0.5, 0.6) is 5.75 Å². The third-order valence-electron chi connectivity index (χ3n) is 8.79. The Morgan fingerprint density at radius 2 is 1.78 bits per heavy atom. The number of aliphatic hydroxyl groups is 6. The smallest absolute Gasteiger partial charge is 0.222 e. The second-order valence-electron chi connectivity index (χ2n) is 12.6. The van der Waals surface area contributed by atoms with E-state index in [1.165, 1.54) is 4.90 Å². The molecular formula is C36H45ClN2O9S. The molecule has 0 saturated heterocycles. The van der Waals surface area contributed by atoms with Crippen molar-refractivity contribution in [3.8, 4) is 16.9 Å². The van der Waals surface area contributed by atoms with Gasteiger partial charge in [-0.15, -0.1) is 11.8 Å². The van der Waals surface area contributed by atoms with Gasteiger partial charge in [0.15, 0.2) is 0 Å². The van der Waals surface area contributed by atoms with Crippen molar-refractivity contribution >= 4 is 29.3 Å². The first kappa shape index (κ1) is 37.5. The lowest BCUT2D eigenvalue weighted by molar-refractivity contribution is -0.140. The molecule has 49 heavy (non-hydrogen) atoms. The molecule has 266 valence electrons. The average Bonchev–Trinajstić information content (AvgIpc) is 4.06. The molecule has 2 fully saturated rings. The Morgan fingerprint density at radius 1 is 1.02 bits per heavy atom. The van der Waals surface area contributed by atoms with Crippen molar-refractivity contribution in [1.29, 1.82) is 0 Å². The van der Waals surface area contributed by atoms with Gasteiger partial charge < -0.3 is 45.0 Å². The molecule has 11 nitrogen and oxygen atoms in total. The number of aromatic nitrogens is 1. The number of carbonyl (C=O) groups is 1. The van der Waals surface area contributed by atoms with Crippen molar-refractivity contribution in [3.63, 3.8) is 0 Å². The first-order chi connectivity index (χ1) is 23.7. The molecule has 0 spiro atoms. The summed E-state index contributed by atoms with van der Waals surface area (Å²) in [4.78, 5) is 19.5. The van der Waals surface area contributed by atoms with Gasteiger partial charge in [-0.25, -0.2) is 0 Å². The van der Waals surface area contributed by atoms with Gasteiger partial charge in [-0.05, 0) is 79.3 Å². The Morgan fingerprint density at radius 3 is 2.49 bits per heavy atom. The van der Waals surface area contributed by atoms with E-state index in [9.17, 15) is 30.3 Å². The minimum Gasteiger partial charge on any atom is -0.490 e. The van der Waals surface area contributed by atoms with Crippen LogP contribution in [0.4, 0.5) is 0 Å². The van der Waals surface area contributed by atoms with E-state index in [0.717, 1.165) is 58.6 Å². The van der Waals surface area contributed by atoms with Crippen molar-refractivity contribution in [2.75, 3.05) is 32.1 Å². The normalized spacial score (nSPS) is 17.6. The maximum Gasteiger partial charge on any atom is 0.222 e. The van der Waals surface area contributed by atoms with Crippen LogP contribution in [-0.4, -0.2) is 109 Å². The van der Waals surface area contributed by atoms with E-state index in [4.69, 9.17) is 26.2 Å². The topological polar surface area (TPSA) is 173 Å². The average molecular weight is 717 g/mol. The van der Waals surface area contributed by atoms with Crippen LogP contribution in [0.3, 0.4) is 0 Å². The molecule has 6 N–H and O–H groups in total. The number of ether oxygens (including phenoxy) is 2. The number of hydrogen-bond acceptors (Lipinski definition) is 11. The lowest BCUT2D eigenvalue weighted by Crippen LogP contribution is -2.51. The highest BCUT2D eigenvalue weighted by Crippen LogP contribution is 2.53. The maximum atomic E-state index is 12.9. The fourth-order valence-corrected chi connectivity index (χ4v) is 6.72. The molecule has 2 aliphatic carbocycles. The van der Waals surface area contributed by atoms with Crippen LogP contribution >= 0.6 is 23.4 Å². The van der Waals surface area contributed by atoms with E-state index in [2.05, 4.69) is 11.1 Å². The highest BCUT2D eigenvalue weighted by atomic mass is 35.5. The third kappa shape index (κ3) is 9.93. The number of halogens is 1. The molecule has 1 heterocycles. The number of thioether (sulfide) groups is 1. The van der Waals surface area contributed by atoms with Crippen LogP contribution in [0, 0.1) is 0 Å². The van der Waals surface area contributed by atoms with E-state index in [1.807, 2.05) is 48.7 Å². The Kier molecular flexibility index (Phi) is 13.3. The third-order valence-corrected chi connectivity index (χ3v) is 10.2. The van der Waals surface area contributed by atoms with E-state index >= 15 is 0 Å². The summed E-state index contributed by atoms with van der Waals surface area (Å²) in [5.41, 5.74) is 3.50. The SMILES string of the molecule is O=C(CCCSc1ccc(Cl)c(COC2(c3cnccc3-c3ccccc3OC3CC3)CC2)c1)N(CCO)C[C@H](O)[C@@H](O)[C@H](O)[C@H](O)CO. The summed E-state index contributed by atoms with van der Waals surface area (Å²) in [6.45, 7) is -1.27. The summed E-state index contributed by atoms with van der Waals surface area (Å²) in [5.74, 6) is 1.14. The van der Waals surface area contributed by atoms with Gasteiger partial charge in [0.25, 0.3) is 0 Å². The number of benzene rings is 2. The van der Waals surface area contributed by atoms with Crippen LogP contribution in [0.2, 0.25) is 5.02 Å². The Labute approximate surface area is 295 Å². The first-order valence-electron chi connectivity index (χ1n) is 16.6. The van der Waals surface area contributed by atoms with Gasteiger partial charge in [0, 0.05) is 52.9 Å². The molecule has 0 aliphatic heterocycles. The number of nitrogens with zero attached hydrogens (tertiary/aromatic N) is 2. The molecule has 0 radical (unpaired) electrons. The molecule has 13 heteroatoms. The zero-order valence-corrected chi connectivity index (χ0v) is 28.8. The maximum absolute atomic E-state index is 12.9. The number of pyridine rings is 1. The van der Waals surface area contributed by atoms with Crippen molar-refractivity contribution in [2.24, 2.45) is 0 Å². The summed E-state index contributed by atoms with van der Waals surface area (Å²) in [6.07, 6.45) is 1.66. The van der Waals surface area contributed by atoms with E-state index in [0.29, 0.717) is 23.8 Å². The van der Waals surface area contributed by atoms with Crippen LogP contribution in [-0.2, 0) is 21.7 Å². The Bertz CT molecular complexity index is 1540. The highest BCUT2D eigenvalue weighted by Gasteiger charge is 2.48. The number of carbonyl (C=O) groups excluding carboxylic acids is 1. The van der Waals surface area contributed by atoms with Crippen LogP contribution in [0.25, 0.3) is 11.1 Å². The van der Waals surface area contributed by atoms with Gasteiger partial charge in [-0.1, -0.05) is 29.8 Å². The molecule has 2 aromatic carbocycles. The second-order valence-corrected chi connectivity index (χ2v) is 14.2. The molecule has 2 saturated carbocycles. The van der Waals surface area contributed by atoms with Crippen LogP contribution < -0.4 is 4.74 Å². The van der Waals surface area contributed by atoms with Crippen molar-refractivity contribution < 1.29 is 44.9 Å². The first-order valence-corrected chi connectivity index (χ1v) is 18.0. The summed E-state index contributed by atoms with van der Waals surface area (Å²) in [7, 11) is 0. The number of rotatable bonds is 20. The standard InChI is InChI=1S/C36H45ClN2O9S/c37-29-10-9-25(49-17-3-6-33(44)39(15-16-40)20-30(42)34(45)35(46)31(43)21-41)18-23(29)22-47-36(12-13-36)28-19-38-14-11-26(28)27-4-1-2-5-32(27)48-24-7-8-24/h1-2,4-5,9-11,14,18-19,24,30-31,34-35,40-43,45-46H,3,6-8,12-13,15-17,20-22H2/t30-,31+,34+,35+/m0/s1. The van der Waals surface area contributed by atoms with Gasteiger partial charge in [0.05, 0.1) is 31.5 Å². The lowest BCUT2D eigenvalue weighted by atomic mass is 9.96. The van der Waals surface area contributed by atoms with Gasteiger partial charge in [0.2, 0.25) is 5.91 Å². The second kappa shape index (κ2) is 17.4. The Balaban J connectivity index is 1.15. The summed E-state index contributed by atoms with van der Waals surface area (Å²) in [6, 6.07) is 15.9. The molecule has 5 rings (SSSR count). The Hall–Kier alpha value is -2.78. The van der Waals surface area contributed by atoms with Crippen molar-refractivity contribution in [3.05, 3.63) is 77.1 Å². The van der Waals surface area contributed by atoms with E-state index in [1.54, 1.807) is 18.0 Å². The zero-order valence-electron chi connectivity index (χ0n) is 27.2. The molecule has 4 atom stereocenters. The fourth-order valence-electron chi connectivity index (χ4n) is 5.63. The molecular weight excluding hydrogens is 672 g/mol. The van der Waals surface area contributed by atoms with Gasteiger partial charge >= 0.3 is 0 Å². The minimum absolute atomic E-state index is 0.0717. The number of hydrogen-bond donors (Lipinski definition) is 6. The molecule has 0 unspecified atom stereocenters. The molecule has 1 aromatic heterocycles. The van der Waals surface area contributed by atoms with Gasteiger partial charge in [0.1, 0.15) is 30.2 Å². The van der Waals surface area contributed by atoms with E-state index < -0.39 is 36.6 Å². The number of para-hydroxylation sites is 1. The summed E-state index contributed by atoms with van der Waals surface area (Å²) < 4.78 is 12.8. The number of aliphatic hydroxyl groups excluding tert-OH is 6. The number of amides is 1. The van der Waals surface area contributed by atoms with Crippen molar-refractivity contribution in [2.45, 2.75) is 86.1 Å². The van der Waals surface area contributed by atoms with E-state index in [-0.39, 0.29) is 38.1 Å². The minimum atomic E-state index is -1.80. The molecule has 0 bridgehead atoms. The molecule has 3 aromatic rings. The zero-order chi connectivity index (χ0) is 35.0. The molecule has 2 aliphatic rings. The largest absolute Gasteiger partial charge is 0.490 e. The fraction of sp³-hybridized carbons (Fsp3) is 0.500. The lowest BCUT2D eigenvalue weighted by Gasteiger charge is -2.30.